The quantitative estimate of drug-likeness (QED) is 0.737. The summed E-state index contributed by atoms with van der Waals surface area (Å²) < 4.78 is 0. The predicted molar refractivity (Wildman–Crippen MR) is 58.4 cm³/mol. The van der Waals surface area contributed by atoms with Crippen molar-refractivity contribution < 1.29 is 0 Å². The highest BCUT2D eigenvalue weighted by atomic mass is 14.9. The van der Waals surface area contributed by atoms with Gasteiger partial charge in [0.05, 0.1) is 0 Å². The van der Waals surface area contributed by atoms with Crippen LogP contribution in [0.15, 0.2) is 30.5 Å². The van der Waals surface area contributed by atoms with Gasteiger partial charge in [-0.2, -0.15) is 0 Å². The first-order valence-electron chi connectivity index (χ1n) is 5.19. The lowest BCUT2D eigenvalue weighted by Gasteiger charge is -2.26. The van der Waals surface area contributed by atoms with Crippen molar-refractivity contribution in [3.63, 3.8) is 0 Å². The zero-order valence-corrected chi connectivity index (χ0v) is 8.09. The zero-order valence-electron chi connectivity index (χ0n) is 8.09. The van der Waals surface area contributed by atoms with Gasteiger partial charge in [0.1, 0.15) is 0 Å². The Bertz CT molecular complexity index is 440. The molecule has 0 saturated carbocycles. The summed E-state index contributed by atoms with van der Waals surface area (Å²) >= 11 is 0. The normalized spacial score (nSPS) is 17.1. The number of nitrogens with one attached hydrogen (secondary N) is 2. The standard InChI is InChI=1S/C12H14N2/c1-2-4-12-11(3-1)10(8-14-12)5-9-6-13-7-9/h1-4,8-9,13-14H,5-7H2. The first-order chi connectivity index (χ1) is 6.93. The molecule has 0 atom stereocenters. The maximum atomic E-state index is 3.32. The van der Waals surface area contributed by atoms with Gasteiger partial charge < -0.3 is 10.3 Å². The second kappa shape index (κ2) is 3.14. The average molecular weight is 186 g/mol. The minimum atomic E-state index is 0.842. The van der Waals surface area contributed by atoms with Crippen molar-refractivity contribution in [2.45, 2.75) is 6.42 Å². The van der Waals surface area contributed by atoms with Crippen LogP contribution in [0.4, 0.5) is 0 Å². The van der Waals surface area contributed by atoms with Gasteiger partial charge in [0.2, 0.25) is 0 Å². The maximum Gasteiger partial charge on any atom is 0.0456 e. The molecule has 1 aliphatic heterocycles. The molecule has 2 aromatic rings. The van der Waals surface area contributed by atoms with Crippen molar-refractivity contribution in [3.05, 3.63) is 36.0 Å². The largest absolute Gasteiger partial charge is 0.361 e. The van der Waals surface area contributed by atoms with Gasteiger partial charge in [0.15, 0.2) is 0 Å². The Labute approximate surface area is 83.3 Å². The van der Waals surface area contributed by atoms with Gasteiger partial charge >= 0.3 is 0 Å². The van der Waals surface area contributed by atoms with Crippen LogP contribution in [0.5, 0.6) is 0 Å². The van der Waals surface area contributed by atoms with Gasteiger partial charge in [-0.3, -0.25) is 0 Å². The lowest BCUT2D eigenvalue weighted by molar-refractivity contribution is 0.347. The third-order valence-electron chi connectivity index (χ3n) is 3.05. The van der Waals surface area contributed by atoms with E-state index in [4.69, 9.17) is 0 Å². The summed E-state index contributed by atoms with van der Waals surface area (Å²) in [7, 11) is 0. The highest BCUT2D eigenvalue weighted by Crippen LogP contribution is 2.21. The Morgan fingerprint density at radius 2 is 2.07 bits per heavy atom. The SMILES string of the molecule is c1ccc2c(CC3CNC3)c[nH]c2c1. The molecular formula is C12H14N2. The Kier molecular flexibility index (Phi) is 1.81. The lowest BCUT2D eigenvalue weighted by Crippen LogP contribution is -2.43. The summed E-state index contributed by atoms with van der Waals surface area (Å²) in [5.41, 5.74) is 2.72. The molecule has 0 spiro atoms. The number of aromatic nitrogens is 1. The smallest absolute Gasteiger partial charge is 0.0456 e. The minimum absolute atomic E-state index is 0.842. The van der Waals surface area contributed by atoms with Crippen LogP contribution < -0.4 is 5.32 Å². The highest BCUT2D eigenvalue weighted by Gasteiger charge is 2.18. The fourth-order valence-electron chi connectivity index (χ4n) is 2.10. The number of fused-ring (bicyclic) bond motifs is 1. The van der Waals surface area contributed by atoms with E-state index in [9.17, 15) is 0 Å². The van der Waals surface area contributed by atoms with Gasteiger partial charge in [-0.15, -0.1) is 0 Å². The zero-order chi connectivity index (χ0) is 9.38. The van der Waals surface area contributed by atoms with Gasteiger partial charge in [0, 0.05) is 17.1 Å². The number of para-hydroxylation sites is 1. The number of hydrogen-bond donors (Lipinski definition) is 2. The Morgan fingerprint density at radius 3 is 2.86 bits per heavy atom. The van der Waals surface area contributed by atoms with Gasteiger partial charge in [0.25, 0.3) is 0 Å². The molecule has 0 aliphatic carbocycles. The molecule has 2 nitrogen and oxygen atoms in total. The van der Waals surface area contributed by atoms with Crippen molar-refractivity contribution in [1.82, 2.24) is 10.3 Å². The molecule has 14 heavy (non-hydrogen) atoms. The number of H-pyrrole nitrogens is 1. The molecule has 1 fully saturated rings. The minimum Gasteiger partial charge on any atom is -0.361 e. The number of hydrogen-bond acceptors (Lipinski definition) is 1. The van der Waals surface area contributed by atoms with Crippen molar-refractivity contribution in [3.8, 4) is 0 Å². The van der Waals surface area contributed by atoms with E-state index < -0.39 is 0 Å². The molecule has 2 heterocycles. The van der Waals surface area contributed by atoms with Crippen LogP contribution in [0.1, 0.15) is 5.56 Å². The third-order valence-corrected chi connectivity index (χ3v) is 3.05. The van der Waals surface area contributed by atoms with E-state index in [0.717, 1.165) is 5.92 Å². The third kappa shape index (κ3) is 1.23. The van der Waals surface area contributed by atoms with Crippen molar-refractivity contribution >= 4 is 10.9 Å². The summed E-state index contributed by atoms with van der Waals surface area (Å²) in [6, 6.07) is 8.53. The molecule has 72 valence electrons. The molecule has 1 aromatic carbocycles. The van der Waals surface area contributed by atoms with E-state index >= 15 is 0 Å². The average Bonchev–Trinajstić information content (AvgIpc) is 2.55. The summed E-state index contributed by atoms with van der Waals surface area (Å²) in [5.74, 6) is 0.842. The van der Waals surface area contributed by atoms with E-state index in [1.54, 1.807) is 0 Å². The molecule has 1 aliphatic rings. The number of benzene rings is 1. The number of rotatable bonds is 2. The molecule has 0 radical (unpaired) electrons. The van der Waals surface area contributed by atoms with Crippen LogP contribution >= 0.6 is 0 Å². The van der Waals surface area contributed by atoms with Crippen LogP contribution in [0.3, 0.4) is 0 Å². The van der Waals surface area contributed by atoms with Crippen LogP contribution in [-0.4, -0.2) is 18.1 Å². The topological polar surface area (TPSA) is 27.8 Å². The van der Waals surface area contributed by atoms with E-state index in [0.29, 0.717) is 0 Å². The molecule has 0 bridgehead atoms. The first kappa shape index (κ1) is 8.06. The summed E-state index contributed by atoms with van der Waals surface area (Å²) in [5, 5.41) is 4.70. The molecule has 0 unspecified atom stereocenters. The van der Waals surface area contributed by atoms with Crippen LogP contribution in [0.25, 0.3) is 10.9 Å². The van der Waals surface area contributed by atoms with Crippen molar-refractivity contribution in [2.24, 2.45) is 5.92 Å². The molecule has 2 N–H and O–H groups in total. The summed E-state index contributed by atoms with van der Waals surface area (Å²) in [6.45, 7) is 2.36. The van der Waals surface area contributed by atoms with Gasteiger partial charge in [-0.25, -0.2) is 0 Å². The van der Waals surface area contributed by atoms with Crippen LogP contribution in [0.2, 0.25) is 0 Å². The maximum absolute atomic E-state index is 3.32. The van der Waals surface area contributed by atoms with Crippen LogP contribution in [-0.2, 0) is 6.42 Å². The second-order valence-corrected chi connectivity index (χ2v) is 4.09. The fourth-order valence-corrected chi connectivity index (χ4v) is 2.10. The summed E-state index contributed by atoms with van der Waals surface area (Å²) in [4.78, 5) is 3.32. The molecule has 1 aromatic heterocycles. The Balaban J connectivity index is 1.95. The Hall–Kier alpha value is -1.28. The van der Waals surface area contributed by atoms with Crippen molar-refractivity contribution in [2.75, 3.05) is 13.1 Å². The summed E-state index contributed by atoms with van der Waals surface area (Å²) in [6.07, 6.45) is 3.36. The van der Waals surface area contributed by atoms with E-state index in [2.05, 4.69) is 40.8 Å². The van der Waals surface area contributed by atoms with Gasteiger partial charge in [-0.05, 0) is 37.1 Å². The number of aromatic amines is 1. The van der Waals surface area contributed by atoms with Gasteiger partial charge in [-0.1, -0.05) is 18.2 Å². The predicted octanol–water partition coefficient (Wildman–Crippen LogP) is 1.93. The fraction of sp³-hybridized carbons (Fsp3) is 0.333. The molecule has 2 heteroatoms. The molecule has 3 rings (SSSR count). The molecule has 0 amide bonds. The highest BCUT2D eigenvalue weighted by molar-refractivity contribution is 5.83. The van der Waals surface area contributed by atoms with E-state index in [-0.39, 0.29) is 0 Å². The monoisotopic (exact) mass is 186 g/mol. The molecule has 1 saturated heterocycles. The second-order valence-electron chi connectivity index (χ2n) is 4.09. The van der Waals surface area contributed by atoms with E-state index in [1.165, 1.54) is 36.0 Å². The van der Waals surface area contributed by atoms with Crippen LogP contribution in [0, 0.1) is 5.92 Å². The first-order valence-corrected chi connectivity index (χ1v) is 5.19. The Morgan fingerprint density at radius 1 is 1.21 bits per heavy atom. The lowest BCUT2D eigenvalue weighted by atomic mass is 9.94. The molecular weight excluding hydrogens is 172 g/mol. The van der Waals surface area contributed by atoms with Crippen molar-refractivity contribution in [1.29, 1.82) is 0 Å². The van der Waals surface area contributed by atoms with E-state index in [1.807, 2.05) is 0 Å².